The SMILES string of the molecule is CC=CC=C(C)Oc1ncncc1N(Cc1cc(OC)ccc1OCCF)C(C)=O. The van der Waals surface area contributed by atoms with Crippen LogP contribution in [0.25, 0.3) is 0 Å². The molecule has 0 bridgehead atoms. The Morgan fingerprint density at radius 3 is 2.77 bits per heavy atom. The van der Waals surface area contributed by atoms with Crippen molar-refractivity contribution in [2.45, 2.75) is 27.3 Å². The zero-order valence-electron chi connectivity index (χ0n) is 17.6. The molecular formula is C22H26FN3O4. The number of hydrogen-bond donors (Lipinski definition) is 0. The third kappa shape index (κ3) is 6.30. The first-order valence-electron chi connectivity index (χ1n) is 9.41. The lowest BCUT2D eigenvalue weighted by Gasteiger charge is -2.24. The fourth-order valence-electron chi connectivity index (χ4n) is 2.63. The molecule has 0 aliphatic rings. The number of carbonyl (C=O) groups is 1. The molecule has 0 saturated heterocycles. The molecule has 0 fully saturated rings. The summed E-state index contributed by atoms with van der Waals surface area (Å²) in [7, 11) is 1.54. The van der Waals surface area contributed by atoms with Crippen molar-refractivity contribution in [1.82, 2.24) is 9.97 Å². The average Bonchev–Trinajstić information content (AvgIpc) is 2.75. The molecule has 0 spiro atoms. The number of halogens is 1. The second-order valence-corrected chi connectivity index (χ2v) is 6.23. The Morgan fingerprint density at radius 2 is 2.10 bits per heavy atom. The minimum absolute atomic E-state index is 0.0862. The van der Waals surface area contributed by atoms with Gasteiger partial charge in [0.25, 0.3) is 0 Å². The van der Waals surface area contributed by atoms with Crippen LogP contribution in [0.2, 0.25) is 0 Å². The van der Waals surface area contributed by atoms with Crippen molar-refractivity contribution in [1.29, 1.82) is 0 Å². The molecule has 1 aromatic carbocycles. The van der Waals surface area contributed by atoms with E-state index < -0.39 is 6.67 Å². The van der Waals surface area contributed by atoms with E-state index in [4.69, 9.17) is 14.2 Å². The normalized spacial score (nSPS) is 11.4. The van der Waals surface area contributed by atoms with Crippen molar-refractivity contribution < 1.29 is 23.4 Å². The predicted octanol–water partition coefficient (Wildman–Crippen LogP) is 4.25. The van der Waals surface area contributed by atoms with Crippen LogP contribution in [-0.4, -0.2) is 36.3 Å². The van der Waals surface area contributed by atoms with Gasteiger partial charge in [0.05, 0.1) is 19.9 Å². The van der Waals surface area contributed by atoms with Gasteiger partial charge in [0.1, 0.15) is 42.6 Å². The molecule has 0 unspecified atom stereocenters. The van der Waals surface area contributed by atoms with Gasteiger partial charge in [0, 0.05) is 12.5 Å². The number of nitrogens with zero attached hydrogens (tertiary/aromatic N) is 3. The van der Waals surface area contributed by atoms with Crippen molar-refractivity contribution in [3.8, 4) is 17.4 Å². The number of rotatable bonds is 10. The third-order valence-corrected chi connectivity index (χ3v) is 4.04. The molecule has 1 aromatic heterocycles. The van der Waals surface area contributed by atoms with Gasteiger partial charge in [-0.3, -0.25) is 4.79 Å². The Labute approximate surface area is 175 Å². The summed E-state index contributed by atoms with van der Waals surface area (Å²) in [6.07, 6.45) is 8.35. The molecule has 30 heavy (non-hydrogen) atoms. The van der Waals surface area contributed by atoms with Crippen LogP contribution < -0.4 is 19.1 Å². The molecule has 1 amide bonds. The molecule has 2 aromatic rings. The van der Waals surface area contributed by atoms with E-state index in [2.05, 4.69) is 9.97 Å². The number of methoxy groups -OCH3 is 1. The number of anilines is 1. The minimum atomic E-state index is -0.621. The quantitative estimate of drug-likeness (QED) is 0.427. The number of allylic oxidation sites excluding steroid dienone is 4. The van der Waals surface area contributed by atoms with E-state index in [9.17, 15) is 9.18 Å². The maximum absolute atomic E-state index is 12.6. The molecule has 0 aliphatic carbocycles. The molecule has 160 valence electrons. The van der Waals surface area contributed by atoms with Crippen LogP contribution in [0.15, 0.2) is 54.7 Å². The van der Waals surface area contributed by atoms with Crippen LogP contribution in [-0.2, 0) is 11.3 Å². The Bertz CT molecular complexity index is 915. The van der Waals surface area contributed by atoms with Gasteiger partial charge in [-0.05, 0) is 38.1 Å². The molecule has 0 atom stereocenters. The number of hydrogen-bond acceptors (Lipinski definition) is 6. The maximum atomic E-state index is 12.6. The molecule has 0 radical (unpaired) electrons. The van der Waals surface area contributed by atoms with Gasteiger partial charge in [-0.15, -0.1) is 0 Å². The zero-order chi connectivity index (χ0) is 21.9. The lowest BCUT2D eigenvalue weighted by Crippen LogP contribution is -2.29. The van der Waals surface area contributed by atoms with Crippen molar-refractivity contribution in [3.05, 3.63) is 60.3 Å². The molecular weight excluding hydrogens is 389 g/mol. The fraction of sp³-hybridized carbons (Fsp3) is 0.318. The Kier molecular flexibility index (Phi) is 8.80. The highest BCUT2D eigenvalue weighted by Gasteiger charge is 2.21. The number of aromatic nitrogens is 2. The smallest absolute Gasteiger partial charge is 0.246 e. The molecule has 7 nitrogen and oxygen atoms in total. The lowest BCUT2D eigenvalue weighted by molar-refractivity contribution is -0.116. The van der Waals surface area contributed by atoms with E-state index in [-0.39, 0.29) is 24.9 Å². The van der Waals surface area contributed by atoms with E-state index in [1.54, 1.807) is 38.3 Å². The van der Waals surface area contributed by atoms with Crippen LogP contribution >= 0.6 is 0 Å². The van der Waals surface area contributed by atoms with Crippen LogP contribution in [0.4, 0.5) is 10.1 Å². The summed E-state index contributed by atoms with van der Waals surface area (Å²) in [5.74, 6) is 1.65. The highest BCUT2D eigenvalue weighted by molar-refractivity contribution is 5.92. The van der Waals surface area contributed by atoms with E-state index in [0.29, 0.717) is 28.5 Å². The standard InChI is InChI=1S/C22H26FN3O4/c1-5-6-7-16(2)30-22-20(13-24-15-25-22)26(17(3)27)14-18-12-19(28-4)8-9-21(18)29-11-10-23/h5-9,12-13,15H,10-11,14H2,1-4H3. The Morgan fingerprint density at radius 1 is 1.30 bits per heavy atom. The van der Waals surface area contributed by atoms with Gasteiger partial charge in [0.2, 0.25) is 11.8 Å². The summed E-state index contributed by atoms with van der Waals surface area (Å²) < 4.78 is 29.2. The van der Waals surface area contributed by atoms with Crippen LogP contribution in [0.5, 0.6) is 17.4 Å². The highest BCUT2D eigenvalue weighted by atomic mass is 19.1. The lowest BCUT2D eigenvalue weighted by atomic mass is 10.1. The summed E-state index contributed by atoms with van der Waals surface area (Å²) >= 11 is 0. The second kappa shape index (κ2) is 11.5. The van der Waals surface area contributed by atoms with Crippen molar-refractivity contribution in [2.24, 2.45) is 0 Å². The number of carbonyl (C=O) groups excluding carboxylic acids is 1. The summed E-state index contributed by atoms with van der Waals surface area (Å²) in [5, 5.41) is 0. The Balaban J connectivity index is 2.41. The zero-order valence-corrected chi connectivity index (χ0v) is 17.6. The summed E-state index contributed by atoms with van der Waals surface area (Å²) in [4.78, 5) is 22.2. The van der Waals surface area contributed by atoms with Crippen LogP contribution in [0.1, 0.15) is 26.3 Å². The van der Waals surface area contributed by atoms with Crippen LogP contribution in [0.3, 0.4) is 0 Å². The fourth-order valence-corrected chi connectivity index (χ4v) is 2.63. The number of amides is 1. The largest absolute Gasteiger partial charge is 0.497 e. The maximum Gasteiger partial charge on any atom is 0.246 e. The highest BCUT2D eigenvalue weighted by Crippen LogP contribution is 2.31. The monoisotopic (exact) mass is 415 g/mol. The van der Waals surface area contributed by atoms with Crippen molar-refractivity contribution in [2.75, 3.05) is 25.3 Å². The van der Waals surface area contributed by atoms with Crippen molar-refractivity contribution in [3.63, 3.8) is 0 Å². The molecule has 0 N–H and O–H groups in total. The van der Waals surface area contributed by atoms with E-state index in [1.165, 1.54) is 24.3 Å². The molecule has 0 saturated carbocycles. The van der Waals surface area contributed by atoms with Gasteiger partial charge < -0.3 is 19.1 Å². The number of benzene rings is 1. The van der Waals surface area contributed by atoms with E-state index >= 15 is 0 Å². The van der Waals surface area contributed by atoms with Gasteiger partial charge in [0.15, 0.2) is 0 Å². The Hall–Kier alpha value is -3.42. The minimum Gasteiger partial charge on any atom is -0.497 e. The summed E-state index contributed by atoms with van der Waals surface area (Å²) in [6.45, 7) is 4.54. The first-order chi connectivity index (χ1) is 14.5. The van der Waals surface area contributed by atoms with Gasteiger partial charge in [-0.25, -0.2) is 9.37 Å². The summed E-state index contributed by atoms with van der Waals surface area (Å²) in [5.41, 5.74) is 1.05. The van der Waals surface area contributed by atoms with E-state index in [0.717, 1.165) is 0 Å². The first-order valence-corrected chi connectivity index (χ1v) is 9.41. The van der Waals surface area contributed by atoms with Gasteiger partial charge in [-0.1, -0.05) is 12.2 Å². The second-order valence-electron chi connectivity index (χ2n) is 6.23. The predicted molar refractivity (Wildman–Crippen MR) is 113 cm³/mol. The van der Waals surface area contributed by atoms with Crippen molar-refractivity contribution >= 4 is 11.6 Å². The molecule has 8 heteroatoms. The first kappa shape index (κ1) is 22.9. The number of ether oxygens (including phenoxy) is 3. The average molecular weight is 415 g/mol. The molecule has 1 heterocycles. The number of alkyl halides is 1. The van der Waals surface area contributed by atoms with Gasteiger partial charge >= 0.3 is 0 Å². The molecule has 0 aliphatic heterocycles. The topological polar surface area (TPSA) is 73.8 Å². The van der Waals surface area contributed by atoms with E-state index in [1.807, 2.05) is 19.1 Å². The van der Waals surface area contributed by atoms with Crippen LogP contribution in [0, 0.1) is 0 Å². The molecule has 2 rings (SSSR count). The summed E-state index contributed by atoms with van der Waals surface area (Å²) in [6, 6.07) is 5.14. The third-order valence-electron chi connectivity index (χ3n) is 4.04. The van der Waals surface area contributed by atoms with Gasteiger partial charge in [-0.2, -0.15) is 4.98 Å².